The number of aryl methyl sites for hydroxylation is 2. The molecule has 1 aliphatic carbocycles. The number of nitrogens with zero attached hydrogens (tertiary/aromatic N) is 1. The van der Waals surface area contributed by atoms with E-state index < -0.39 is 0 Å². The zero-order valence-electron chi connectivity index (χ0n) is 23.2. The number of thiophene rings is 1. The van der Waals surface area contributed by atoms with Crippen LogP contribution in [-0.2, 0) is 19.4 Å². The van der Waals surface area contributed by atoms with Crippen LogP contribution in [0, 0.1) is 6.92 Å². The smallest absolute Gasteiger partial charge is 0.259 e. The molecule has 5 rings (SSSR count). The number of rotatable bonds is 9. The van der Waals surface area contributed by atoms with Crippen molar-refractivity contribution in [3.8, 4) is 11.5 Å². The third-order valence-electron chi connectivity index (χ3n) is 6.99. The van der Waals surface area contributed by atoms with Gasteiger partial charge in [0, 0.05) is 16.8 Å². The molecule has 1 aromatic heterocycles. The molecule has 0 saturated carbocycles. The molecule has 0 saturated heterocycles. The topological polar surface area (TPSA) is 59.9 Å². The minimum atomic E-state index is -0.0914. The van der Waals surface area contributed by atoms with Gasteiger partial charge in [-0.3, -0.25) is 4.79 Å². The molecule has 0 radical (unpaired) electrons. The summed E-state index contributed by atoms with van der Waals surface area (Å²) in [6, 6.07) is 23.8. The molecule has 0 spiro atoms. The summed E-state index contributed by atoms with van der Waals surface area (Å²) in [6.45, 7) is 5.04. The number of fused-ring (bicyclic) bond motifs is 1. The summed E-state index contributed by atoms with van der Waals surface area (Å²) in [6.07, 6.45) is 8.43. The van der Waals surface area contributed by atoms with Crippen LogP contribution in [0.2, 0.25) is 0 Å². The summed E-state index contributed by atoms with van der Waals surface area (Å²) in [7, 11) is 0. The first-order chi connectivity index (χ1) is 19.6. The molecule has 0 fully saturated rings. The van der Waals surface area contributed by atoms with Crippen LogP contribution in [0.4, 0.5) is 10.7 Å². The summed E-state index contributed by atoms with van der Waals surface area (Å²) in [5, 5.41) is 3.85. The van der Waals surface area contributed by atoms with Gasteiger partial charge in [-0.25, -0.2) is 4.99 Å². The number of carbonyl (C=O) groups excluding carboxylic acids is 1. The summed E-state index contributed by atoms with van der Waals surface area (Å²) in [5.74, 6) is 1.29. The van der Waals surface area contributed by atoms with Gasteiger partial charge in [-0.1, -0.05) is 60.9 Å². The second kappa shape index (κ2) is 13.4. The van der Waals surface area contributed by atoms with E-state index in [1.54, 1.807) is 11.3 Å². The van der Waals surface area contributed by atoms with E-state index in [-0.39, 0.29) is 5.91 Å². The number of aliphatic imine (C=N–C) groups is 1. The van der Waals surface area contributed by atoms with Gasteiger partial charge in [0.2, 0.25) is 0 Å². The van der Waals surface area contributed by atoms with Crippen LogP contribution in [0.15, 0.2) is 77.8 Å². The zero-order chi connectivity index (χ0) is 27.7. The molecule has 40 heavy (non-hydrogen) atoms. The Bertz CT molecular complexity index is 1480. The van der Waals surface area contributed by atoms with Crippen molar-refractivity contribution in [1.82, 2.24) is 0 Å². The van der Waals surface area contributed by atoms with Crippen molar-refractivity contribution >= 4 is 34.1 Å². The monoisotopic (exact) mass is 552 g/mol. The first-order valence-electron chi connectivity index (χ1n) is 14.1. The third kappa shape index (κ3) is 6.99. The minimum Gasteiger partial charge on any atom is -0.490 e. The Morgan fingerprint density at radius 1 is 0.925 bits per heavy atom. The van der Waals surface area contributed by atoms with Crippen LogP contribution in [0.5, 0.6) is 11.5 Å². The molecule has 1 N–H and O–H groups in total. The molecule has 0 unspecified atom stereocenters. The SMILES string of the molecule is CCOc1cc(C=Nc2sc3c(c2C(=O)Nc2ccccc2)CCCCCC3)ccc1OCc1cccc(C)c1. The molecule has 0 atom stereocenters. The van der Waals surface area contributed by atoms with E-state index in [1.807, 2.05) is 67.7 Å². The van der Waals surface area contributed by atoms with Crippen molar-refractivity contribution in [2.75, 3.05) is 11.9 Å². The van der Waals surface area contributed by atoms with Gasteiger partial charge < -0.3 is 14.8 Å². The van der Waals surface area contributed by atoms with Gasteiger partial charge in [-0.15, -0.1) is 11.3 Å². The fourth-order valence-electron chi connectivity index (χ4n) is 5.03. The van der Waals surface area contributed by atoms with Crippen LogP contribution in [0.25, 0.3) is 0 Å². The lowest BCUT2D eigenvalue weighted by Gasteiger charge is -2.13. The fourth-order valence-corrected chi connectivity index (χ4v) is 6.26. The van der Waals surface area contributed by atoms with Gasteiger partial charge >= 0.3 is 0 Å². The van der Waals surface area contributed by atoms with E-state index in [0.29, 0.717) is 30.3 Å². The largest absolute Gasteiger partial charge is 0.490 e. The van der Waals surface area contributed by atoms with Gasteiger partial charge in [0.25, 0.3) is 5.91 Å². The Hall–Kier alpha value is -3.90. The van der Waals surface area contributed by atoms with Gasteiger partial charge in [0.1, 0.15) is 11.6 Å². The van der Waals surface area contributed by atoms with E-state index in [1.165, 1.54) is 28.8 Å². The van der Waals surface area contributed by atoms with Gasteiger partial charge in [-0.2, -0.15) is 0 Å². The summed E-state index contributed by atoms with van der Waals surface area (Å²) in [5.41, 5.74) is 5.88. The number of para-hydroxylation sites is 1. The van der Waals surface area contributed by atoms with E-state index in [9.17, 15) is 4.79 Å². The standard InChI is InChI=1S/C34H36N2O3S/c1-3-38-30-21-25(18-19-29(30)39-23-26-13-11-12-24(2)20-26)22-35-34-32(33(37)36-27-14-7-6-8-15-27)28-16-9-4-5-10-17-31(28)40-34/h6-8,11-15,18-22H,3-5,9-10,16-17,23H2,1-2H3,(H,36,37). The Kier molecular flexibility index (Phi) is 9.30. The molecule has 1 aliphatic rings. The van der Waals surface area contributed by atoms with E-state index >= 15 is 0 Å². The van der Waals surface area contributed by atoms with Crippen LogP contribution < -0.4 is 14.8 Å². The number of carbonyl (C=O) groups is 1. The highest BCUT2D eigenvalue weighted by Gasteiger charge is 2.24. The van der Waals surface area contributed by atoms with Gasteiger partial charge in [0.05, 0.1) is 12.2 Å². The maximum absolute atomic E-state index is 13.6. The Morgan fingerprint density at radius 3 is 2.55 bits per heavy atom. The number of hydrogen-bond acceptors (Lipinski definition) is 5. The lowest BCUT2D eigenvalue weighted by molar-refractivity contribution is 0.102. The fraction of sp³-hybridized carbons (Fsp3) is 0.294. The average Bonchev–Trinajstić information content (AvgIpc) is 3.28. The number of nitrogens with one attached hydrogen (secondary N) is 1. The molecule has 5 nitrogen and oxygen atoms in total. The maximum atomic E-state index is 13.6. The molecule has 4 aromatic rings. The lowest BCUT2D eigenvalue weighted by Crippen LogP contribution is -2.14. The van der Waals surface area contributed by atoms with E-state index in [4.69, 9.17) is 14.5 Å². The zero-order valence-corrected chi connectivity index (χ0v) is 24.1. The Labute approximate surface area is 240 Å². The lowest BCUT2D eigenvalue weighted by atomic mass is 9.96. The molecule has 0 aliphatic heterocycles. The minimum absolute atomic E-state index is 0.0914. The second-order valence-electron chi connectivity index (χ2n) is 10.1. The van der Waals surface area contributed by atoms with Crippen LogP contribution in [-0.4, -0.2) is 18.7 Å². The van der Waals surface area contributed by atoms with Crippen LogP contribution in [0.3, 0.4) is 0 Å². The second-order valence-corrected chi connectivity index (χ2v) is 11.2. The summed E-state index contributed by atoms with van der Waals surface area (Å²) < 4.78 is 12.0. The first-order valence-corrected chi connectivity index (χ1v) is 14.9. The molecule has 3 aromatic carbocycles. The van der Waals surface area contributed by atoms with Crippen molar-refractivity contribution in [1.29, 1.82) is 0 Å². The normalized spacial score (nSPS) is 13.3. The van der Waals surface area contributed by atoms with Crippen molar-refractivity contribution in [3.63, 3.8) is 0 Å². The predicted octanol–water partition coefficient (Wildman–Crippen LogP) is 8.70. The average molecular weight is 553 g/mol. The quantitative estimate of drug-likeness (QED) is 0.211. The Morgan fingerprint density at radius 2 is 1.75 bits per heavy atom. The highest BCUT2D eigenvalue weighted by molar-refractivity contribution is 7.16. The number of hydrogen-bond donors (Lipinski definition) is 1. The van der Waals surface area contributed by atoms with Crippen molar-refractivity contribution in [3.05, 3.63) is 105 Å². The highest BCUT2D eigenvalue weighted by Crippen LogP contribution is 2.39. The van der Waals surface area contributed by atoms with Crippen LogP contribution in [0.1, 0.15) is 70.1 Å². The van der Waals surface area contributed by atoms with Crippen molar-refractivity contribution < 1.29 is 14.3 Å². The maximum Gasteiger partial charge on any atom is 0.259 e. The Balaban J connectivity index is 1.41. The van der Waals surface area contributed by atoms with E-state index in [0.717, 1.165) is 47.5 Å². The molecule has 1 amide bonds. The highest BCUT2D eigenvalue weighted by atomic mass is 32.1. The molecular formula is C34H36N2O3S. The molecule has 1 heterocycles. The molecule has 0 bridgehead atoms. The summed E-state index contributed by atoms with van der Waals surface area (Å²) >= 11 is 1.65. The van der Waals surface area contributed by atoms with Gasteiger partial charge in [0.15, 0.2) is 11.5 Å². The number of benzene rings is 3. The number of anilines is 1. The third-order valence-corrected chi connectivity index (χ3v) is 8.19. The number of amides is 1. The van der Waals surface area contributed by atoms with Crippen molar-refractivity contribution in [2.45, 2.75) is 59.0 Å². The first kappa shape index (κ1) is 27.7. The van der Waals surface area contributed by atoms with Crippen LogP contribution >= 0.6 is 11.3 Å². The predicted molar refractivity (Wildman–Crippen MR) is 165 cm³/mol. The van der Waals surface area contributed by atoms with E-state index in [2.05, 4.69) is 30.4 Å². The molecule has 6 heteroatoms. The van der Waals surface area contributed by atoms with Crippen molar-refractivity contribution in [2.24, 2.45) is 4.99 Å². The van der Waals surface area contributed by atoms with Gasteiger partial charge in [-0.05, 0) is 86.6 Å². The molecule has 206 valence electrons. The summed E-state index contributed by atoms with van der Waals surface area (Å²) in [4.78, 5) is 19.7. The molecular weight excluding hydrogens is 516 g/mol. The number of ether oxygens (including phenoxy) is 2.